The maximum atomic E-state index is 11.0. The van der Waals surface area contributed by atoms with Gasteiger partial charge in [-0.3, -0.25) is 0 Å². The average molecular weight is 281 g/mol. The summed E-state index contributed by atoms with van der Waals surface area (Å²) in [5.41, 5.74) is 0.936. The zero-order valence-corrected chi connectivity index (χ0v) is 10.1. The number of anilines is 1. The fraction of sp³-hybridized carbons (Fsp3) is 0.0909. The second-order valence-electron chi connectivity index (χ2n) is 3.28. The molecule has 0 aliphatic heterocycles. The minimum atomic E-state index is -0.987. The summed E-state index contributed by atoms with van der Waals surface area (Å²) in [6.45, 7) is 0. The topological polar surface area (TPSA) is 62.2 Å². The van der Waals surface area contributed by atoms with Gasteiger partial charge < -0.3 is 10.4 Å². The Morgan fingerprint density at radius 1 is 1.44 bits per heavy atom. The number of carboxylic acids is 1. The van der Waals surface area contributed by atoms with Gasteiger partial charge in [-0.25, -0.2) is 9.78 Å². The Bertz CT molecular complexity index is 569. The van der Waals surface area contributed by atoms with E-state index in [0.717, 1.165) is 15.4 Å². The lowest BCUT2D eigenvalue weighted by atomic mass is 10.1. The van der Waals surface area contributed by atoms with Crippen molar-refractivity contribution in [1.29, 1.82) is 0 Å². The van der Waals surface area contributed by atoms with Crippen molar-refractivity contribution in [1.82, 2.24) is 4.98 Å². The summed E-state index contributed by atoms with van der Waals surface area (Å²) in [7, 11) is 1.65. The molecule has 0 bridgehead atoms. The van der Waals surface area contributed by atoms with Gasteiger partial charge in [0.15, 0.2) is 0 Å². The highest BCUT2D eigenvalue weighted by Gasteiger charge is 2.12. The number of nitrogens with zero attached hydrogens (tertiary/aromatic N) is 1. The summed E-state index contributed by atoms with van der Waals surface area (Å²) in [6.07, 6.45) is 0. The zero-order chi connectivity index (χ0) is 11.7. The van der Waals surface area contributed by atoms with Gasteiger partial charge in [0, 0.05) is 16.9 Å². The fourth-order valence-corrected chi connectivity index (χ4v) is 1.88. The third-order valence-corrected chi connectivity index (χ3v) is 2.74. The highest BCUT2D eigenvalue weighted by atomic mass is 79.9. The molecule has 0 amide bonds. The third-order valence-electron chi connectivity index (χ3n) is 2.24. The Kier molecular flexibility index (Phi) is 2.78. The van der Waals surface area contributed by atoms with E-state index in [9.17, 15) is 4.79 Å². The van der Waals surface area contributed by atoms with Gasteiger partial charge in [0.25, 0.3) is 0 Å². The van der Waals surface area contributed by atoms with Crippen LogP contribution in [0.3, 0.4) is 0 Å². The maximum absolute atomic E-state index is 11.0. The zero-order valence-electron chi connectivity index (χ0n) is 8.49. The molecule has 4 nitrogen and oxygen atoms in total. The molecule has 0 fully saturated rings. The number of halogens is 1. The number of hydrogen-bond donors (Lipinski definition) is 2. The van der Waals surface area contributed by atoms with Gasteiger partial charge in [0.05, 0.1) is 5.52 Å². The summed E-state index contributed by atoms with van der Waals surface area (Å²) in [5, 5.41) is 12.6. The molecule has 2 rings (SSSR count). The summed E-state index contributed by atoms with van der Waals surface area (Å²) in [4.78, 5) is 15.3. The highest BCUT2D eigenvalue weighted by Crippen LogP contribution is 2.23. The number of hydrogen-bond acceptors (Lipinski definition) is 3. The molecule has 16 heavy (non-hydrogen) atoms. The smallest absolute Gasteiger partial charge is 0.339 e. The number of aromatic nitrogens is 1. The molecule has 82 valence electrons. The largest absolute Gasteiger partial charge is 0.478 e. The van der Waals surface area contributed by atoms with Crippen molar-refractivity contribution in [3.05, 3.63) is 34.3 Å². The van der Waals surface area contributed by atoms with Crippen LogP contribution in [0.2, 0.25) is 0 Å². The Balaban J connectivity index is 2.75. The summed E-state index contributed by atoms with van der Waals surface area (Å²) >= 11 is 3.34. The first-order valence-electron chi connectivity index (χ1n) is 4.63. The molecule has 0 aliphatic rings. The van der Waals surface area contributed by atoms with Crippen LogP contribution in [0.4, 0.5) is 5.82 Å². The number of rotatable bonds is 2. The van der Waals surface area contributed by atoms with Crippen LogP contribution in [0.1, 0.15) is 10.4 Å². The molecule has 0 spiro atoms. The second kappa shape index (κ2) is 4.09. The first-order valence-corrected chi connectivity index (χ1v) is 5.42. The molecule has 2 N–H and O–H groups in total. The Morgan fingerprint density at radius 2 is 2.19 bits per heavy atom. The SMILES string of the molecule is CNc1nc2ccc(Br)cc2cc1C(=O)O. The number of benzene rings is 1. The molecule has 1 aromatic carbocycles. The molecule has 2 aromatic rings. The Morgan fingerprint density at radius 3 is 2.81 bits per heavy atom. The lowest BCUT2D eigenvalue weighted by Crippen LogP contribution is -2.05. The summed E-state index contributed by atoms with van der Waals surface area (Å²) < 4.78 is 0.898. The predicted molar refractivity (Wildman–Crippen MR) is 65.9 cm³/mol. The maximum Gasteiger partial charge on any atom is 0.339 e. The number of carbonyl (C=O) groups is 1. The van der Waals surface area contributed by atoms with E-state index < -0.39 is 5.97 Å². The van der Waals surface area contributed by atoms with Crippen LogP contribution in [-0.4, -0.2) is 23.1 Å². The molecule has 0 saturated heterocycles. The van der Waals surface area contributed by atoms with Crippen molar-refractivity contribution in [3.8, 4) is 0 Å². The molecule has 1 aromatic heterocycles. The van der Waals surface area contributed by atoms with E-state index in [0.29, 0.717) is 5.82 Å². The molecule has 5 heteroatoms. The second-order valence-corrected chi connectivity index (χ2v) is 4.19. The third kappa shape index (κ3) is 1.86. The van der Waals surface area contributed by atoms with Gasteiger partial charge in [-0.1, -0.05) is 15.9 Å². The van der Waals surface area contributed by atoms with Gasteiger partial charge in [0.2, 0.25) is 0 Å². The van der Waals surface area contributed by atoms with Crippen LogP contribution in [0.25, 0.3) is 10.9 Å². The van der Waals surface area contributed by atoms with Crippen LogP contribution in [0.5, 0.6) is 0 Å². The van der Waals surface area contributed by atoms with Gasteiger partial charge in [-0.05, 0) is 24.3 Å². The molecular weight excluding hydrogens is 272 g/mol. The Labute approximate surface area is 100 Å². The summed E-state index contributed by atoms with van der Waals surface area (Å²) in [6, 6.07) is 7.16. The number of aromatic carboxylic acids is 1. The molecule has 0 aliphatic carbocycles. The first kappa shape index (κ1) is 10.9. The van der Waals surface area contributed by atoms with Gasteiger partial charge >= 0.3 is 5.97 Å². The number of pyridine rings is 1. The number of nitrogens with one attached hydrogen (secondary N) is 1. The number of fused-ring (bicyclic) bond motifs is 1. The predicted octanol–water partition coefficient (Wildman–Crippen LogP) is 2.74. The fourth-order valence-electron chi connectivity index (χ4n) is 1.50. The van der Waals surface area contributed by atoms with E-state index in [1.165, 1.54) is 0 Å². The van der Waals surface area contributed by atoms with E-state index in [1.54, 1.807) is 13.1 Å². The first-order chi connectivity index (χ1) is 7.61. The molecule has 0 radical (unpaired) electrons. The standard InChI is InChI=1S/C11H9BrN2O2/c1-13-10-8(11(15)16)5-6-4-7(12)2-3-9(6)14-10/h2-5H,1H3,(H,13,14)(H,15,16). The minimum Gasteiger partial charge on any atom is -0.478 e. The quantitative estimate of drug-likeness (QED) is 0.888. The van der Waals surface area contributed by atoms with E-state index in [-0.39, 0.29) is 5.56 Å². The molecule has 0 unspecified atom stereocenters. The van der Waals surface area contributed by atoms with Crippen LogP contribution in [0.15, 0.2) is 28.7 Å². The number of carboxylic acid groups (broad SMARTS) is 1. The summed E-state index contributed by atoms with van der Waals surface area (Å²) in [5.74, 6) is -0.610. The van der Waals surface area contributed by atoms with Crippen molar-refractivity contribution < 1.29 is 9.90 Å². The van der Waals surface area contributed by atoms with E-state index >= 15 is 0 Å². The molecular formula is C11H9BrN2O2. The van der Waals surface area contributed by atoms with Crippen molar-refractivity contribution in [3.63, 3.8) is 0 Å². The van der Waals surface area contributed by atoms with E-state index in [1.807, 2.05) is 18.2 Å². The monoisotopic (exact) mass is 280 g/mol. The van der Waals surface area contributed by atoms with E-state index in [2.05, 4.69) is 26.2 Å². The molecule has 0 atom stereocenters. The minimum absolute atomic E-state index is 0.174. The Hall–Kier alpha value is -1.62. The van der Waals surface area contributed by atoms with Crippen molar-refractivity contribution in [2.45, 2.75) is 0 Å². The molecule has 1 heterocycles. The highest BCUT2D eigenvalue weighted by molar-refractivity contribution is 9.10. The van der Waals surface area contributed by atoms with Crippen molar-refractivity contribution in [2.24, 2.45) is 0 Å². The van der Waals surface area contributed by atoms with Crippen LogP contribution in [-0.2, 0) is 0 Å². The average Bonchev–Trinajstić information content (AvgIpc) is 2.27. The lowest BCUT2D eigenvalue weighted by molar-refractivity contribution is 0.0698. The van der Waals surface area contributed by atoms with Crippen LogP contribution < -0.4 is 5.32 Å². The van der Waals surface area contributed by atoms with Gasteiger partial charge in [0.1, 0.15) is 11.4 Å². The molecule has 0 saturated carbocycles. The van der Waals surface area contributed by atoms with Crippen molar-refractivity contribution in [2.75, 3.05) is 12.4 Å². The van der Waals surface area contributed by atoms with Gasteiger partial charge in [-0.15, -0.1) is 0 Å². The normalized spacial score (nSPS) is 10.4. The van der Waals surface area contributed by atoms with Gasteiger partial charge in [-0.2, -0.15) is 0 Å². The van der Waals surface area contributed by atoms with Crippen molar-refractivity contribution >= 4 is 38.6 Å². The lowest BCUT2D eigenvalue weighted by Gasteiger charge is -2.06. The van der Waals surface area contributed by atoms with Crippen LogP contribution >= 0.6 is 15.9 Å². The van der Waals surface area contributed by atoms with E-state index in [4.69, 9.17) is 5.11 Å². The van der Waals surface area contributed by atoms with Crippen LogP contribution in [0, 0.1) is 0 Å².